The molecule has 5 heteroatoms. The minimum absolute atomic E-state index is 0.0818. The molecule has 0 saturated carbocycles. The number of benzene rings is 2. The van der Waals surface area contributed by atoms with Crippen molar-refractivity contribution in [3.63, 3.8) is 0 Å². The van der Waals surface area contributed by atoms with Crippen molar-refractivity contribution in [2.75, 3.05) is 0 Å². The Kier molecular flexibility index (Phi) is 7.51. The zero-order valence-corrected chi connectivity index (χ0v) is 20.6. The predicted molar refractivity (Wildman–Crippen MR) is 127 cm³/mol. The van der Waals surface area contributed by atoms with Crippen molar-refractivity contribution in [1.82, 2.24) is 4.83 Å². The first kappa shape index (κ1) is 24.1. The third-order valence-electron chi connectivity index (χ3n) is 5.45. The van der Waals surface area contributed by atoms with Crippen LogP contribution in [0.25, 0.3) is 0 Å². The van der Waals surface area contributed by atoms with Crippen molar-refractivity contribution in [2.45, 2.75) is 85.0 Å². The summed E-state index contributed by atoms with van der Waals surface area (Å²) in [6.07, 6.45) is 1.61. The van der Waals surface area contributed by atoms with Gasteiger partial charge in [-0.05, 0) is 66.3 Å². The molecule has 0 bridgehead atoms. The summed E-state index contributed by atoms with van der Waals surface area (Å²) < 4.78 is 26.7. The van der Waals surface area contributed by atoms with Crippen LogP contribution >= 0.6 is 0 Å². The highest BCUT2D eigenvalue weighted by molar-refractivity contribution is 7.89. The number of hydrogen-bond acceptors (Lipinski definition) is 3. The van der Waals surface area contributed by atoms with Gasteiger partial charge in [0.1, 0.15) is 0 Å². The molecule has 0 unspecified atom stereocenters. The third-order valence-corrected chi connectivity index (χ3v) is 6.81. The average Bonchev–Trinajstić information content (AvgIpc) is 2.62. The van der Waals surface area contributed by atoms with E-state index in [0.29, 0.717) is 10.8 Å². The molecule has 0 aliphatic carbocycles. The van der Waals surface area contributed by atoms with Crippen molar-refractivity contribution in [1.29, 1.82) is 0 Å². The minimum Gasteiger partial charge on any atom is -0.200 e. The highest BCUT2D eigenvalue weighted by Gasteiger charge is 2.26. The van der Waals surface area contributed by atoms with E-state index < -0.39 is 10.0 Å². The lowest BCUT2D eigenvalue weighted by Crippen LogP contribution is -2.23. The first-order valence-electron chi connectivity index (χ1n) is 10.7. The number of sulfonamides is 1. The molecular formula is C25H36N2O2S. The zero-order chi connectivity index (χ0) is 22.8. The Labute approximate surface area is 182 Å². The number of nitrogens with zero attached hydrogens (tertiary/aromatic N) is 1. The van der Waals surface area contributed by atoms with Gasteiger partial charge >= 0.3 is 0 Å². The number of hydrogen-bond donors (Lipinski definition) is 1. The molecule has 164 valence electrons. The standard InChI is InChI=1S/C25H36N2O2S/c1-15(2)21-12-22(16(3)4)25(23(13-21)17(5)6)30(28,29)27-26-14-24-19(8)10-18(7)11-20(24)9/h10-17,27H,1-9H3/b26-14+. The Balaban J connectivity index is 2.54. The Bertz CT molecular complexity index is 997. The van der Waals surface area contributed by atoms with Crippen LogP contribution in [0.2, 0.25) is 0 Å². The second-order valence-corrected chi connectivity index (χ2v) is 10.8. The summed E-state index contributed by atoms with van der Waals surface area (Å²) in [5, 5.41) is 4.14. The lowest BCUT2D eigenvalue weighted by molar-refractivity contribution is 0.579. The van der Waals surface area contributed by atoms with Gasteiger partial charge in [0.25, 0.3) is 10.0 Å². The largest absolute Gasteiger partial charge is 0.277 e. The van der Waals surface area contributed by atoms with Crippen LogP contribution in [0.15, 0.2) is 34.3 Å². The van der Waals surface area contributed by atoms with E-state index in [-0.39, 0.29) is 11.8 Å². The fourth-order valence-corrected chi connectivity index (χ4v) is 5.29. The Morgan fingerprint density at radius 1 is 0.800 bits per heavy atom. The second kappa shape index (κ2) is 9.34. The summed E-state index contributed by atoms with van der Waals surface area (Å²) in [6, 6.07) is 8.21. The maximum absolute atomic E-state index is 13.4. The molecule has 30 heavy (non-hydrogen) atoms. The van der Waals surface area contributed by atoms with Crippen LogP contribution < -0.4 is 4.83 Å². The molecule has 0 radical (unpaired) electrons. The van der Waals surface area contributed by atoms with Crippen LogP contribution in [-0.2, 0) is 10.0 Å². The van der Waals surface area contributed by atoms with Crippen molar-refractivity contribution >= 4 is 16.2 Å². The van der Waals surface area contributed by atoms with Gasteiger partial charge in [-0.1, -0.05) is 71.4 Å². The van der Waals surface area contributed by atoms with Crippen LogP contribution in [0.5, 0.6) is 0 Å². The third kappa shape index (κ3) is 5.31. The second-order valence-electron chi connectivity index (χ2n) is 9.16. The van der Waals surface area contributed by atoms with Gasteiger partial charge in [-0.15, -0.1) is 0 Å². The molecule has 0 amide bonds. The average molecular weight is 429 g/mol. The molecule has 4 nitrogen and oxygen atoms in total. The van der Waals surface area contributed by atoms with Gasteiger partial charge in [-0.25, -0.2) is 4.83 Å². The lowest BCUT2D eigenvalue weighted by Gasteiger charge is -2.22. The van der Waals surface area contributed by atoms with Crippen LogP contribution in [0, 0.1) is 20.8 Å². The molecule has 1 N–H and O–H groups in total. The molecule has 0 aliphatic rings. The van der Waals surface area contributed by atoms with Gasteiger partial charge in [0, 0.05) is 5.56 Å². The summed E-state index contributed by atoms with van der Waals surface area (Å²) in [5.74, 6) is 0.493. The molecule has 0 aliphatic heterocycles. The van der Waals surface area contributed by atoms with Crippen LogP contribution in [-0.4, -0.2) is 14.6 Å². The normalized spacial score (nSPS) is 12.5. The van der Waals surface area contributed by atoms with E-state index in [9.17, 15) is 8.42 Å². The predicted octanol–water partition coefficient (Wildman–Crippen LogP) is 6.29. The molecule has 2 rings (SSSR count). The lowest BCUT2D eigenvalue weighted by atomic mass is 9.89. The van der Waals surface area contributed by atoms with Crippen LogP contribution in [0.3, 0.4) is 0 Å². The van der Waals surface area contributed by atoms with Gasteiger partial charge in [0.05, 0.1) is 11.1 Å². The van der Waals surface area contributed by atoms with E-state index in [1.165, 1.54) is 5.56 Å². The van der Waals surface area contributed by atoms with E-state index in [0.717, 1.165) is 33.4 Å². The zero-order valence-electron chi connectivity index (χ0n) is 19.8. The summed E-state index contributed by atoms with van der Waals surface area (Å²) in [7, 11) is -3.81. The summed E-state index contributed by atoms with van der Waals surface area (Å²) in [6.45, 7) is 18.5. The van der Waals surface area contributed by atoms with Crippen LogP contribution in [0.1, 0.15) is 98.2 Å². The van der Waals surface area contributed by atoms with E-state index >= 15 is 0 Å². The van der Waals surface area contributed by atoms with Crippen molar-refractivity contribution in [3.8, 4) is 0 Å². The van der Waals surface area contributed by atoms with Gasteiger partial charge in [-0.2, -0.15) is 13.5 Å². The maximum Gasteiger partial charge on any atom is 0.277 e. The number of aryl methyl sites for hydroxylation is 3. The highest BCUT2D eigenvalue weighted by atomic mass is 32.2. The van der Waals surface area contributed by atoms with Gasteiger partial charge in [-0.3, -0.25) is 0 Å². The fourth-order valence-electron chi connectivity index (χ4n) is 3.80. The van der Waals surface area contributed by atoms with E-state index in [1.54, 1.807) is 6.21 Å². The quantitative estimate of drug-likeness (QED) is 0.416. The monoisotopic (exact) mass is 428 g/mol. The number of nitrogens with one attached hydrogen (secondary N) is 1. The summed E-state index contributed by atoms with van der Waals surface area (Å²) >= 11 is 0. The Morgan fingerprint density at radius 2 is 1.27 bits per heavy atom. The van der Waals surface area contributed by atoms with Crippen molar-refractivity contribution in [3.05, 3.63) is 63.2 Å². The van der Waals surface area contributed by atoms with Crippen molar-refractivity contribution in [2.24, 2.45) is 5.10 Å². The van der Waals surface area contributed by atoms with Gasteiger partial charge in [0.15, 0.2) is 0 Å². The molecule has 0 aromatic heterocycles. The molecule has 0 saturated heterocycles. The van der Waals surface area contributed by atoms with E-state index in [2.05, 4.69) is 35.9 Å². The Hall–Kier alpha value is -2.14. The molecule has 0 atom stereocenters. The van der Waals surface area contributed by atoms with E-state index in [1.807, 2.05) is 60.6 Å². The first-order chi connectivity index (χ1) is 13.8. The molecule has 2 aromatic carbocycles. The van der Waals surface area contributed by atoms with Crippen LogP contribution in [0.4, 0.5) is 0 Å². The minimum atomic E-state index is -3.81. The molecule has 0 fully saturated rings. The Morgan fingerprint density at radius 3 is 1.67 bits per heavy atom. The number of rotatable bonds is 7. The molecular weight excluding hydrogens is 392 g/mol. The SMILES string of the molecule is Cc1cc(C)c(/C=N/NS(=O)(=O)c2c(C(C)C)cc(C(C)C)cc2C(C)C)c(C)c1. The van der Waals surface area contributed by atoms with Gasteiger partial charge in [0.2, 0.25) is 0 Å². The van der Waals surface area contributed by atoms with E-state index in [4.69, 9.17) is 0 Å². The topological polar surface area (TPSA) is 58.5 Å². The fraction of sp³-hybridized carbons (Fsp3) is 0.480. The smallest absolute Gasteiger partial charge is 0.200 e. The summed E-state index contributed by atoms with van der Waals surface area (Å²) in [5.41, 5.74) is 7.11. The molecule has 2 aromatic rings. The van der Waals surface area contributed by atoms with Crippen molar-refractivity contribution < 1.29 is 8.42 Å². The molecule has 0 heterocycles. The maximum atomic E-state index is 13.4. The number of hydrazone groups is 1. The van der Waals surface area contributed by atoms with Gasteiger partial charge < -0.3 is 0 Å². The molecule has 0 spiro atoms. The summed E-state index contributed by atoms with van der Waals surface area (Å²) in [4.78, 5) is 2.84. The highest BCUT2D eigenvalue weighted by Crippen LogP contribution is 2.35. The first-order valence-corrected chi connectivity index (χ1v) is 12.1.